The van der Waals surface area contributed by atoms with Crippen molar-refractivity contribution in [3.8, 4) is 0 Å². The van der Waals surface area contributed by atoms with Crippen LogP contribution in [0.25, 0.3) is 11.4 Å². The maximum atomic E-state index is 13.6. The van der Waals surface area contributed by atoms with Crippen molar-refractivity contribution in [1.29, 1.82) is 0 Å². The van der Waals surface area contributed by atoms with Gasteiger partial charge in [0.15, 0.2) is 0 Å². The van der Waals surface area contributed by atoms with Crippen LogP contribution in [0, 0.1) is 5.82 Å². The Bertz CT molecular complexity index is 1330. The second-order valence-electron chi connectivity index (χ2n) is 8.97. The topological polar surface area (TPSA) is 91.1 Å². The van der Waals surface area contributed by atoms with Crippen molar-refractivity contribution >= 4 is 34.3 Å². The van der Waals surface area contributed by atoms with Gasteiger partial charge in [0, 0.05) is 36.0 Å². The Hall–Kier alpha value is -4.36. The highest BCUT2D eigenvalue weighted by Crippen LogP contribution is 2.39. The summed E-state index contributed by atoms with van der Waals surface area (Å²) in [5.74, 6) is 7.05. The van der Waals surface area contributed by atoms with Crippen LogP contribution in [0.4, 0.5) is 21.5 Å². The molecule has 4 rings (SSSR count). The Balaban J connectivity index is 1.63. The number of fused-ring (bicyclic) bond motifs is 1. The number of unbranched alkanes of at least 4 members (excludes halogenated alkanes) is 2. The van der Waals surface area contributed by atoms with Gasteiger partial charge in [-0.1, -0.05) is 49.9 Å². The Morgan fingerprint density at radius 3 is 2.46 bits per heavy atom. The van der Waals surface area contributed by atoms with Crippen LogP contribution < -0.4 is 21.5 Å². The van der Waals surface area contributed by atoms with E-state index < -0.39 is 0 Å². The van der Waals surface area contributed by atoms with Gasteiger partial charge in [0.1, 0.15) is 11.7 Å². The van der Waals surface area contributed by atoms with E-state index in [-0.39, 0.29) is 11.6 Å². The van der Waals surface area contributed by atoms with Gasteiger partial charge in [-0.25, -0.2) is 15.2 Å². The molecule has 0 saturated heterocycles. The molecule has 0 bridgehead atoms. The van der Waals surface area contributed by atoms with E-state index in [4.69, 9.17) is 16.6 Å². The van der Waals surface area contributed by atoms with Crippen molar-refractivity contribution in [2.45, 2.75) is 32.1 Å². The Morgan fingerprint density at radius 1 is 1.03 bits per heavy atom. The number of halogens is 1. The smallest absolute Gasteiger partial charge is 0.123 e. The van der Waals surface area contributed by atoms with Gasteiger partial charge in [-0.05, 0) is 60.9 Å². The van der Waals surface area contributed by atoms with E-state index in [1.54, 1.807) is 18.3 Å². The standard InChI is InChI=1S/C30H32FN5O/c1-21(37)9-5-3-8-12-30-34-29-19-26(35(33)20-28(32)23-10-6-4-7-11-23)17-18-27(29)22(2)36(30)25-15-13-24(31)14-16-25/h4,6-7,10-11,13-20,37H,1-3,5,8-9,12,32-33H2/b28-20-. The molecule has 3 aromatic rings. The third kappa shape index (κ3) is 6.26. The fraction of sp³-hybridized carbons (Fsp3) is 0.167. The lowest BCUT2D eigenvalue weighted by Gasteiger charge is -2.33. The molecule has 0 unspecified atom stereocenters. The van der Waals surface area contributed by atoms with Crippen molar-refractivity contribution in [3.05, 3.63) is 115 Å². The number of aliphatic hydroxyl groups is 1. The minimum atomic E-state index is -0.301. The third-order valence-corrected chi connectivity index (χ3v) is 6.20. The summed E-state index contributed by atoms with van der Waals surface area (Å²) in [6.07, 6.45) is 5.57. The van der Waals surface area contributed by atoms with Gasteiger partial charge in [-0.3, -0.25) is 9.91 Å². The highest BCUT2D eigenvalue weighted by molar-refractivity contribution is 6.13. The van der Waals surface area contributed by atoms with E-state index in [0.717, 1.165) is 59.0 Å². The second kappa shape index (κ2) is 11.6. The lowest BCUT2D eigenvalue weighted by Crippen LogP contribution is -2.31. The molecule has 3 aromatic carbocycles. The minimum Gasteiger partial charge on any atom is -0.513 e. The number of aliphatic hydroxyl groups excluding tert-OH is 1. The van der Waals surface area contributed by atoms with E-state index in [1.807, 2.05) is 53.4 Å². The first kappa shape index (κ1) is 25.7. The second-order valence-corrected chi connectivity index (χ2v) is 8.97. The first-order valence-electron chi connectivity index (χ1n) is 12.2. The molecule has 6 nitrogen and oxygen atoms in total. The predicted octanol–water partition coefficient (Wildman–Crippen LogP) is 7.01. The van der Waals surface area contributed by atoms with Gasteiger partial charge in [0.05, 0.1) is 22.8 Å². The number of rotatable bonds is 10. The third-order valence-electron chi connectivity index (χ3n) is 6.20. The first-order valence-corrected chi connectivity index (χ1v) is 12.2. The molecule has 1 aliphatic heterocycles. The number of allylic oxidation sites excluding steroid dienone is 1. The fourth-order valence-corrected chi connectivity index (χ4v) is 4.26. The molecule has 7 heteroatoms. The Labute approximate surface area is 217 Å². The van der Waals surface area contributed by atoms with Crippen molar-refractivity contribution in [2.24, 2.45) is 16.6 Å². The van der Waals surface area contributed by atoms with Crippen molar-refractivity contribution in [1.82, 2.24) is 0 Å². The summed E-state index contributed by atoms with van der Waals surface area (Å²) < 4.78 is 13.6. The molecule has 1 aliphatic rings. The summed E-state index contributed by atoms with van der Waals surface area (Å²) in [7, 11) is 0. The van der Waals surface area contributed by atoms with Crippen LogP contribution >= 0.6 is 0 Å². The van der Waals surface area contributed by atoms with Crippen LogP contribution in [0.3, 0.4) is 0 Å². The van der Waals surface area contributed by atoms with Gasteiger partial charge >= 0.3 is 0 Å². The largest absolute Gasteiger partial charge is 0.513 e. The number of hydrogen-bond acceptors (Lipinski definition) is 6. The molecule has 0 spiro atoms. The lowest BCUT2D eigenvalue weighted by atomic mass is 10.0. The molecule has 0 aromatic heterocycles. The van der Waals surface area contributed by atoms with Gasteiger partial charge in [0.25, 0.3) is 0 Å². The number of aliphatic imine (C=N–C) groups is 1. The van der Waals surface area contributed by atoms with Gasteiger partial charge < -0.3 is 10.8 Å². The number of hydrogen-bond donors (Lipinski definition) is 3. The van der Waals surface area contributed by atoms with Crippen LogP contribution in [-0.4, -0.2) is 10.9 Å². The molecular weight excluding hydrogens is 465 g/mol. The van der Waals surface area contributed by atoms with Gasteiger partial charge in [-0.2, -0.15) is 0 Å². The number of hydrazine groups is 1. The van der Waals surface area contributed by atoms with Crippen LogP contribution in [0.1, 0.15) is 43.2 Å². The molecule has 0 fully saturated rings. The quantitative estimate of drug-likeness (QED) is 0.121. The summed E-state index contributed by atoms with van der Waals surface area (Å²) >= 11 is 0. The number of nitrogens with zero attached hydrogens (tertiary/aromatic N) is 3. The summed E-state index contributed by atoms with van der Waals surface area (Å²) in [5.41, 5.74) is 11.6. The molecule has 0 atom stereocenters. The molecule has 0 radical (unpaired) electrons. The molecule has 0 amide bonds. The molecule has 5 N–H and O–H groups in total. The van der Waals surface area contributed by atoms with Crippen LogP contribution in [0.15, 0.2) is 103 Å². The molecular formula is C30H32FN5O. The first-order chi connectivity index (χ1) is 17.8. The van der Waals surface area contributed by atoms with E-state index in [9.17, 15) is 9.50 Å². The maximum absolute atomic E-state index is 13.6. The van der Waals surface area contributed by atoms with E-state index in [0.29, 0.717) is 18.5 Å². The normalized spacial score (nSPS) is 13.2. The van der Waals surface area contributed by atoms with Crippen LogP contribution in [-0.2, 0) is 0 Å². The number of nitrogens with two attached hydrogens (primary N) is 2. The van der Waals surface area contributed by atoms with Crippen LogP contribution in [0.5, 0.6) is 0 Å². The summed E-state index contributed by atoms with van der Waals surface area (Å²) in [6.45, 7) is 7.90. The average Bonchev–Trinajstić information content (AvgIpc) is 2.89. The van der Waals surface area contributed by atoms with Gasteiger partial charge in [0.2, 0.25) is 0 Å². The molecule has 0 saturated carbocycles. The monoisotopic (exact) mass is 497 g/mol. The molecule has 190 valence electrons. The highest BCUT2D eigenvalue weighted by atomic mass is 19.1. The SMILES string of the molecule is C=C(O)CCCCCC1=Nc2cc(N(N)/C=C(\N)c3ccccc3)ccc2C(=C)N1c1ccc(F)cc1. The lowest BCUT2D eigenvalue weighted by molar-refractivity contribution is 0.384. The Morgan fingerprint density at radius 2 is 1.76 bits per heavy atom. The average molecular weight is 498 g/mol. The number of amidine groups is 1. The zero-order chi connectivity index (χ0) is 26.4. The van der Waals surface area contributed by atoms with Gasteiger partial charge in [-0.15, -0.1) is 0 Å². The fourth-order valence-electron chi connectivity index (χ4n) is 4.26. The predicted molar refractivity (Wildman–Crippen MR) is 152 cm³/mol. The van der Waals surface area contributed by atoms with Crippen LogP contribution in [0.2, 0.25) is 0 Å². The Kier molecular flexibility index (Phi) is 8.05. The van der Waals surface area contributed by atoms with Crippen molar-refractivity contribution in [2.75, 3.05) is 9.91 Å². The van der Waals surface area contributed by atoms with E-state index in [1.165, 1.54) is 17.1 Å². The van der Waals surface area contributed by atoms with E-state index >= 15 is 0 Å². The summed E-state index contributed by atoms with van der Waals surface area (Å²) in [4.78, 5) is 6.95. The molecule has 1 heterocycles. The van der Waals surface area contributed by atoms with Crippen molar-refractivity contribution < 1.29 is 9.50 Å². The molecule has 0 aliphatic carbocycles. The summed E-state index contributed by atoms with van der Waals surface area (Å²) in [6, 6.07) is 21.7. The maximum Gasteiger partial charge on any atom is 0.123 e. The van der Waals surface area contributed by atoms with Crippen molar-refractivity contribution in [3.63, 3.8) is 0 Å². The zero-order valence-corrected chi connectivity index (χ0v) is 20.8. The summed E-state index contributed by atoms with van der Waals surface area (Å²) in [5, 5.41) is 10.8. The van der Waals surface area contributed by atoms with E-state index in [2.05, 4.69) is 13.2 Å². The molecule has 37 heavy (non-hydrogen) atoms. The number of anilines is 2. The highest BCUT2D eigenvalue weighted by Gasteiger charge is 2.25. The minimum absolute atomic E-state index is 0.200. The number of benzene rings is 3. The zero-order valence-electron chi connectivity index (χ0n) is 20.8.